The highest BCUT2D eigenvalue weighted by Gasteiger charge is 2.27. The highest BCUT2D eigenvalue weighted by molar-refractivity contribution is 7.85. The monoisotopic (exact) mass is 279 g/mol. The molecule has 0 aromatic heterocycles. The van der Waals surface area contributed by atoms with Crippen molar-refractivity contribution in [2.24, 2.45) is 0 Å². The fourth-order valence-electron chi connectivity index (χ4n) is 1.54. The number of rotatable bonds is 1. The first-order valence-corrected chi connectivity index (χ1v) is 6.26. The van der Waals surface area contributed by atoms with Gasteiger partial charge in [-0.25, -0.2) is 0 Å². The number of fused-ring (bicyclic) bond motifs is 1. The SMILES string of the molecule is CC1(C)CNc2cc(S(=O)(=O)O)ccc2O1.Cl. The largest absolute Gasteiger partial charge is 0.484 e. The van der Waals surface area contributed by atoms with Crippen LogP contribution < -0.4 is 10.1 Å². The molecule has 0 saturated carbocycles. The summed E-state index contributed by atoms with van der Waals surface area (Å²) in [5, 5.41) is 3.06. The Bertz CT molecular complexity index is 527. The molecule has 1 aliphatic rings. The molecule has 0 fully saturated rings. The van der Waals surface area contributed by atoms with E-state index in [1.54, 1.807) is 0 Å². The van der Waals surface area contributed by atoms with Crippen LogP contribution in [0.3, 0.4) is 0 Å². The highest BCUT2D eigenvalue weighted by atomic mass is 35.5. The lowest BCUT2D eigenvalue weighted by Crippen LogP contribution is -2.40. The van der Waals surface area contributed by atoms with Gasteiger partial charge in [0.1, 0.15) is 11.4 Å². The predicted molar refractivity (Wildman–Crippen MR) is 66.7 cm³/mol. The van der Waals surface area contributed by atoms with Gasteiger partial charge in [0, 0.05) is 0 Å². The summed E-state index contributed by atoms with van der Waals surface area (Å²) >= 11 is 0. The molecule has 0 saturated heterocycles. The van der Waals surface area contributed by atoms with E-state index in [9.17, 15) is 8.42 Å². The molecule has 1 aliphatic heterocycles. The van der Waals surface area contributed by atoms with Crippen molar-refractivity contribution in [1.82, 2.24) is 0 Å². The molecule has 96 valence electrons. The average Bonchev–Trinajstić information content (AvgIpc) is 2.14. The van der Waals surface area contributed by atoms with Crippen molar-refractivity contribution in [3.05, 3.63) is 18.2 Å². The molecular formula is C10H14ClNO4S. The van der Waals surface area contributed by atoms with Gasteiger partial charge in [0.2, 0.25) is 0 Å². The lowest BCUT2D eigenvalue weighted by molar-refractivity contribution is 0.116. The lowest BCUT2D eigenvalue weighted by atomic mass is 10.1. The standard InChI is InChI=1S/C10H13NO4S.ClH/c1-10(2)6-11-8-5-7(16(12,13)14)3-4-9(8)15-10;/h3-5,11H,6H2,1-2H3,(H,12,13,14);1H. The van der Waals surface area contributed by atoms with Crippen LogP contribution in [0.4, 0.5) is 5.69 Å². The van der Waals surface area contributed by atoms with Crippen molar-refractivity contribution in [2.75, 3.05) is 11.9 Å². The number of halogens is 1. The van der Waals surface area contributed by atoms with Gasteiger partial charge >= 0.3 is 0 Å². The number of ether oxygens (including phenoxy) is 1. The molecule has 0 atom stereocenters. The van der Waals surface area contributed by atoms with Crippen LogP contribution in [0.2, 0.25) is 0 Å². The normalized spacial score (nSPS) is 17.1. The summed E-state index contributed by atoms with van der Waals surface area (Å²) in [5.74, 6) is 0.587. The molecule has 1 heterocycles. The van der Waals surface area contributed by atoms with Gasteiger partial charge in [-0.15, -0.1) is 12.4 Å². The van der Waals surface area contributed by atoms with E-state index in [1.165, 1.54) is 18.2 Å². The molecule has 0 unspecified atom stereocenters. The number of nitrogens with one attached hydrogen (secondary N) is 1. The van der Waals surface area contributed by atoms with Crippen LogP contribution in [0.25, 0.3) is 0 Å². The predicted octanol–water partition coefficient (Wildman–Crippen LogP) is 1.94. The van der Waals surface area contributed by atoms with Gasteiger partial charge in [0.25, 0.3) is 10.1 Å². The Hall–Kier alpha value is -0.980. The number of benzene rings is 1. The van der Waals surface area contributed by atoms with Gasteiger partial charge in [0.05, 0.1) is 17.1 Å². The third-order valence-corrected chi connectivity index (χ3v) is 3.19. The second-order valence-electron chi connectivity index (χ2n) is 4.35. The Kier molecular flexibility index (Phi) is 3.61. The molecule has 2 N–H and O–H groups in total. The van der Waals surface area contributed by atoms with E-state index < -0.39 is 10.1 Å². The summed E-state index contributed by atoms with van der Waals surface area (Å²) in [4.78, 5) is -0.137. The first-order valence-electron chi connectivity index (χ1n) is 4.82. The topological polar surface area (TPSA) is 75.6 Å². The van der Waals surface area contributed by atoms with Gasteiger partial charge in [0.15, 0.2) is 0 Å². The lowest BCUT2D eigenvalue weighted by Gasteiger charge is -2.33. The molecule has 0 aliphatic carbocycles. The number of hydrogen-bond acceptors (Lipinski definition) is 4. The number of hydrogen-bond donors (Lipinski definition) is 2. The molecule has 0 radical (unpaired) electrons. The molecule has 0 spiro atoms. The fourth-order valence-corrected chi connectivity index (χ4v) is 2.05. The second-order valence-corrected chi connectivity index (χ2v) is 5.77. The van der Waals surface area contributed by atoms with Gasteiger partial charge in [-0.05, 0) is 32.0 Å². The molecule has 5 nitrogen and oxygen atoms in total. The highest BCUT2D eigenvalue weighted by Crippen LogP contribution is 2.34. The molecule has 0 amide bonds. The van der Waals surface area contributed by atoms with Crippen LogP contribution in [0.15, 0.2) is 23.1 Å². The van der Waals surface area contributed by atoms with Gasteiger partial charge < -0.3 is 10.1 Å². The fraction of sp³-hybridized carbons (Fsp3) is 0.400. The first-order chi connectivity index (χ1) is 7.28. The van der Waals surface area contributed by atoms with E-state index in [0.29, 0.717) is 18.0 Å². The smallest absolute Gasteiger partial charge is 0.294 e. The van der Waals surface area contributed by atoms with E-state index in [0.717, 1.165) is 0 Å². The third-order valence-electron chi connectivity index (χ3n) is 2.34. The maximum Gasteiger partial charge on any atom is 0.294 e. The summed E-state index contributed by atoms with van der Waals surface area (Å²) in [6.45, 7) is 4.44. The molecule has 1 aromatic carbocycles. The maximum atomic E-state index is 10.9. The van der Waals surface area contributed by atoms with Crippen LogP contribution in [0.1, 0.15) is 13.8 Å². The van der Waals surface area contributed by atoms with E-state index in [-0.39, 0.29) is 22.9 Å². The number of anilines is 1. The van der Waals surface area contributed by atoms with Gasteiger partial charge in [-0.3, -0.25) is 4.55 Å². The molecule has 7 heteroatoms. The van der Waals surface area contributed by atoms with E-state index in [1.807, 2.05) is 13.8 Å². The summed E-state index contributed by atoms with van der Waals surface area (Å²) in [7, 11) is -4.16. The summed E-state index contributed by atoms with van der Waals surface area (Å²) in [6, 6.07) is 4.21. The minimum atomic E-state index is -4.16. The Labute approximate surface area is 106 Å². The van der Waals surface area contributed by atoms with Crippen molar-refractivity contribution in [3.8, 4) is 5.75 Å². The van der Waals surface area contributed by atoms with Crippen LogP contribution >= 0.6 is 12.4 Å². The summed E-state index contributed by atoms with van der Waals surface area (Å²) in [6.07, 6.45) is 0. The first kappa shape index (κ1) is 14.1. The van der Waals surface area contributed by atoms with Gasteiger partial charge in [-0.2, -0.15) is 8.42 Å². The van der Waals surface area contributed by atoms with Crippen molar-refractivity contribution in [2.45, 2.75) is 24.3 Å². The zero-order valence-corrected chi connectivity index (χ0v) is 11.1. The maximum absolute atomic E-state index is 10.9. The van der Waals surface area contributed by atoms with Crippen molar-refractivity contribution in [3.63, 3.8) is 0 Å². The van der Waals surface area contributed by atoms with Crippen LogP contribution in [0.5, 0.6) is 5.75 Å². The van der Waals surface area contributed by atoms with E-state index >= 15 is 0 Å². The molecule has 0 bridgehead atoms. The zero-order valence-electron chi connectivity index (χ0n) is 9.43. The van der Waals surface area contributed by atoms with Crippen molar-refractivity contribution >= 4 is 28.2 Å². The van der Waals surface area contributed by atoms with Crippen molar-refractivity contribution < 1.29 is 17.7 Å². The minimum absolute atomic E-state index is 0. The minimum Gasteiger partial charge on any atom is -0.484 e. The summed E-state index contributed by atoms with van der Waals surface area (Å²) < 4.78 is 36.4. The van der Waals surface area contributed by atoms with Crippen LogP contribution in [0, 0.1) is 0 Å². The zero-order chi connectivity index (χ0) is 12.0. The van der Waals surface area contributed by atoms with Crippen LogP contribution in [-0.2, 0) is 10.1 Å². The molecule has 1 aromatic rings. The van der Waals surface area contributed by atoms with Gasteiger partial charge in [-0.1, -0.05) is 0 Å². The van der Waals surface area contributed by atoms with E-state index in [2.05, 4.69) is 5.32 Å². The third kappa shape index (κ3) is 3.02. The Balaban J connectivity index is 0.00000144. The molecule has 2 rings (SSSR count). The summed E-state index contributed by atoms with van der Waals surface area (Å²) in [5.41, 5.74) is 0.251. The average molecular weight is 280 g/mol. The Morgan fingerprint density at radius 3 is 2.65 bits per heavy atom. The second kappa shape index (κ2) is 4.36. The molecular weight excluding hydrogens is 266 g/mol. The van der Waals surface area contributed by atoms with Crippen LogP contribution in [-0.4, -0.2) is 25.1 Å². The van der Waals surface area contributed by atoms with Crippen molar-refractivity contribution in [1.29, 1.82) is 0 Å². The van der Waals surface area contributed by atoms with E-state index in [4.69, 9.17) is 9.29 Å². The Morgan fingerprint density at radius 1 is 1.41 bits per heavy atom. The quantitative estimate of drug-likeness (QED) is 0.769. The molecule has 17 heavy (non-hydrogen) atoms. The Morgan fingerprint density at radius 2 is 2.06 bits per heavy atom.